The van der Waals surface area contributed by atoms with E-state index >= 15 is 0 Å². The Morgan fingerprint density at radius 2 is 2.06 bits per heavy atom. The fourth-order valence-electron chi connectivity index (χ4n) is 1.47. The molecule has 0 bridgehead atoms. The Labute approximate surface area is 100 Å². The highest BCUT2D eigenvalue weighted by Gasteiger charge is 1.99. The predicted octanol–water partition coefficient (Wildman–Crippen LogP) is 2.25. The normalized spacial score (nSPS) is 10.0. The molecule has 0 fully saturated rings. The standard InChI is InChI=1S/C13H15N3O/c1-10-4-2-3-5-12(10)17-9-11-6-7-13(16-14)15-8-11/h2-8H,9,14H2,1H3,(H,15,16). The first kappa shape index (κ1) is 11.4. The zero-order valence-corrected chi connectivity index (χ0v) is 9.68. The number of benzene rings is 1. The summed E-state index contributed by atoms with van der Waals surface area (Å²) in [6.07, 6.45) is 1.74. The maximum absolute atomic E-state index is 5.70. The Morgan fingerprint density at radius 3 is 2.71 bits per heavy atom. The molecule has 0 atom stereocenters. The number of aromatic nitrogens is 1. The van der Waals surface area contributed by atoms with Gasteiger partial charge in [-0.05, 0) is 24.6 Å². The molecule has 0 spiro atoms. The Balaban J connectivity index is 2.00. The van der Waals surface area contributed by atoms with Gasteiger partial charge in [-0.2, -0.15) is 0 Å². The van der Waals surface area contributed by atoms with E-state index in [-0.39, 0.29) is 0 Å². The predicted molar refractivity (Wildman–Crippen MR) is 67.6 cm³/mol. The van der Waals surface area contributed by atoms with Crippen LogP contribution in [0.3, 0.4) is 0 Å². The molecule has 0 saturated carbocycles. The summed E-state index contributed by atoms with van der Waals surface area (Å²) in [5.74, 6) is 6.78. The van der Waals surface area contributed by atoms with Gasteiger partial charge in [0.15, 0.2) is 0 Å². The molecule has 17 heavy (non-hydrogen) atoms. The molecule has 4 nitrogen and oxygen atoms in total. The van der Waals surface area contributed by atoms with Gasteiger partial charge in [-0.1, -0.05) is 24.3 Å². The molecule has 0 saturated heterocycles. The number of ether oxygens (including phenoxy) is 1. The Morgan fingerprint density at radius 1 is 1.24 bits per heavy atom. The summed E-state index contributed by atoms with van der Waals surface area (Å²) in [7, 11) is 0. The van der Waals surface area contributed by atoms with Crippen molar-refractivity contribution in [2.75, 3.05) is 5.43 Å². The third kappa shape index (κ3) is 2.95. The van der Waals surface area contributed by atoms with E-state index in [1.54, 1.807) is 6.20 Å². The number of hydrogen-bond donors (Lipinski definition) is 2. The van der Waals surface area contributed by atoms with Gasteiger partial charge >= 0.3 is 0 Å². The molecule has 0 amide bonds. The zero-order chi connectivity index (χ0) is 12.1. The highest BCUT2D eigenvalue weighted by molar-refractivity contribution is 5.34. The number of nitrogens with zero attached hydrogens (tertiary/aromatic N) is 1. The second kappa shape index (κ2) is 5.32. The molecular weight excluding hydrogens is 214 g/mol. The summed E-state index contributed by atoms with van der Waals surface area (Å²) >= 11 is 0. The molecule has 0 radical (unpaired) electrons. The molecule has 2 rings (SSSR count). The van der Waals surface area contributed by atoms with Crippen LogP contribution in [0.5, 0.6) is 5.75 Å². The summed E-state index contributed by atoms with van der Waals surface area (Å²) in [6.45, 7) is 2.53. The average molecular weight is 229 g/mol. The Bertz CT molecular complexity index is 482. The third-order valence-corrected chi connectivity index (χ3v) is 2.46. The molecule has 2 aromatic rings. The quantitative estimate of drug-likeness (QED) is 0.623. The zero-order valence-electron chi connectivity index (χ0n) is 9.68. The molecule has 1 heterocycles. The number of anilines is 1. The second-order valence-corrected chi connectivity index (χ2v) is 3.75. The Kier molecular flexibility index (Phi) is 3.57. The highest BCUT2D eigenvalue weighted by atomic mass is 16.5. The van der Waals surface area contributed by atoms with Crippen molar-refractivity contribution in [3.05, 3.63) is 53.7 Å². The molecule has 4 heteroatoms. The van der Waals surface area contributed by atoms with Crippen molar-refractivity contribution in [3.8, 4) is 5.75 Å². The highest BCUT2D eigenvalue weighted by Crippen LogP contribution is 2.17. The minimum Gasteiger partial charge on any atom is -0.489 e. The van der Waals surface area contributed by atoms with Gasteiger partial charge in [0.25, 0.3) is 0 Å². The van der Waals surface area contributed by atoms with E-state index in [0.717, 1.165) is 16.9 Å². The van der Waals surface area contributed by atoms with Crippen molar-refractivity contribution in [2.24, 2.45) is 5.84 Å². The van der Waals surface area contributed by atoms with Crippen LogP contribution in [0.25, 0.3) is 0 Å². The van der Waals surface area contributed by atoms with Crippen molar-refractivity contribution in [1.29, 1.82) is 0 Å². The maximum atomic E-state index is 5.70. The molecule has 0 unspecified atom stereocenters. The number of nitrogen functional groups attached to an aromatic ring is 1. The first-order valence-corrected chi connectivity index (χ1v) is 5.39. The number of hydrogen-bond acceptors (Lipinski definition) is 4. The van der Waals surface area contributed by atoms with Gasteiger partial charge in [-0.25, -0.2) is 10.8 Å². The molecule has 3 N–H and O–H groups in total. The fourth-order valence-corrected chi connectivity index (χ4v) is 1.47. The van der Waals surface area contributed by atoms with Crippen molar-refractivity contribution < 1.29 is 4.74 Å². The molecule has 0 aliphatic rings. The van der Waals surface area contributed by atoms with Crippen molar-refractivity contribution in [1.82, 2.24) is 4.98 Å². The molecule has 0 aliphatic heterocycles. The second-order valence-electron chi connectivity index (χ2n) is 3.75. The van der Waals surface area contributed by atoms with Crippen molar-refractivity contribution in [2.45, 2.75) is 13.5 Å². The topological polar surface area (TPSA) is 60.2 Å². The lowest BCUT2D eigenvalue weighted by atomic mass is 10.2. The van der Waals surface area contributed by atoms with E-state index in [4.69, 9.17) is 10.6 Å². The summed E-state index contributed by atoms with van der Waals surface area (Å²) in [5, 5.41) is 0. The average Bonchev–Trinajstić information content (AvgIpc) is 2.38. The van der Waals surface area contributed by atoms with Crippen LogP contribution in [-0.4, -0.2) is 4.98 Å². The number of rotatable bonds is 4. The number of hydrazine groups is 1. The van der Waals surface area contributed by atoms with Crippen LogP contribution >= 0.6 is 0 Å². The van der Waals surface area contributed by atoms with Gasteiger partial charge in [0, 0.05) is 11.8 Å². The first-order chi connectivity index (χ1) is 8.29. The maximum Gasteiger partial charge on any atom is 0.139 e. The van der Waals surface area contributed by atoms with Gasteiger partial charge < -0.3 is 10.2 Å². The van der Waals surface area contributed by atoms with Gasteiger partial charge in [0.05, 0.1) is 0 Å². The van der Waals surface area contributed by atoms with Crippen LogP contribution in [-0.2, 0) is 6.61 Å². The number of pyridine rings is 1. The lowest BCUT2D eigenvalue weighted by molar-refractivity contribution is 0.303. The van der Waals surface area contributed by atoms with Gasteiger partial charge in [-0.3, -0.25) is 0 Å². The fraction of sp³-hybridized carbons (Fsp3) is 0.154. The van der Waals surface area contributed by atoms with Crippen LogP contribution in [0.4, 0.5) is 5.82 Å². The molecule has 0 aliphatic carbocycles. The van der Waals surface area contributed by atoms with Gasteiger partial charge in [-0.15, -0.1) is 0 Å². The van der Waals surface area contributed by atoms with Gasteiger partial charge in [0.1, 0.15) is 18.2 Å². The van der Waals surface area contributed by atoms with E-state index in [0.29, 0.717) is 12.4 Å². The lowest BCUT2D eigenvalue weighted by Crippen LogP contribution is -2.08. The van der Waals surface area contributed by atoms with E-state index in [1.807, 2.05) is 43.3 Å². The van der Waals surface area contributed by atoms with Crippen LogP contribution in [0.15, 0.2) is 42.6 Å². The summed E-state index contributed by atoms with van der Waals surface area (Å²) in [4.78, 5) is 4.12. The smallest absolute Gasteiger partial charge is 0.139 e. The van der Waals surface area contributed by atoms with Gasteiger partial charge in [0.2, 0.25) is 0 Å². The SMILES string of the molecule is Cc1ccccc1OCc1ccc(NN)nc1. The van der Waals surface area contributed by atoms with Crippen molar-refractivity contribution >= 4 is 5.82 Å². The van der Waals surface area contributed by atoms with E-state index < -0.39 is 0 Å². The Hall–Kier alpha value is -2.07. The largest absolute Gasteiger partial charge is 0.489 e. The van der Waals surface area contributed by atoms with Crippen LogP contribution in [0.2, 0.25) is 0 Å². The third-order valence-electron chi connectivity index (χ3n) is 2.46. The minimum absolute atomic E-state index is 0.503. The molecule has 1 aromatic heterocycles. The lowest BCUT2D eigenvalue weighted by Gasteiger charge is -2.08. The number of nitrogens with one attached hydrogen (secondary N) is 1. The number of para-hydroxylation sites is 1. The van der Waals surface area contributed by atoms with E-state index in [2.05, 4.69) is 10.4 Å². The number of aryl methyl sites for hydroxylation is 1. The summed E-state index contributed by atoms with van der Waals surface area (Å²) in [6, 6.07) is 11.7. The summed E-state index contributed by atoms with van der Waals surface area (Å²) in [5.41, 5.74) is 4.62. The van der Waals surface area contributed by atoms with E-state index in [9.17, 15) is 0 Å². The van der Waals surface area contributed by atoms with Crippen molar-refractivity contribution in [3.63, 3.8) is 0 Å². The first-order valence-electron chi connectivity index (χ1n) is 5.39. The molecule has 1 aromatic carbocycles. The van der Waals surface area contributed by atoms with Crippen LogP contribution in [0.1, 0.15) is 11.1 Å². The summed E-state index contributed by atoms with van der Waals surface area (Å²) < 4.78 is 5.70. The monoisotopic (exact) mass is 229 g/mol. The van der Waals surface area contributed by atoms with Crippen LogP contribution in [0, 0.1) is 6.92 Å². The van der Waals surface area contributed by atoms with E-state index in [1.165, 1.54) is 0 Å². The van der Waals surface area contributed by atoms with Crippen LogP contribution < -0.4 is 16.0 Å². The molecular formula is C13H15N3O. The molecule has 88 valence electrons. The number of nitrogens with two attached hydrogens (primary N) is 1. The minimum atomic E-state index is 0.503.